The molecule has 0 amide bonds. The van der Waals surface area contributed by atoms with E-state index in [1.807, 2.05) is 6.92 Å². The summed E-state index contributed by atoms with van der Waals surface area (Å²) < 4.78 is 14.1. The topological polar surface area (TPSA) is 63.3 Å². The van der Waals surface area contributed by atoms with Crippen molar-refractivity contribution in [1.82, 2.24) is 0 Å². The van der Waals surface area contributed by atoms with Crippen LogP contribution in [0.25, 0.3) is 0 Å². The molecular formula is C11H13BrFNO2. The molecule has 1 aromatic carbocycles. The van der Waals surface area contributed by atoms with E-state index in [-0.39, 0.29) is 12.0 Å². The van der Waals surface area contributed by atoms with E-state index < -0.39 is 17.8 Å². The molecule has 0 saturated heterocycles. The number of aryl methyl sites for hydroxylation is 1. The van der Waals surface area contributed by atoms with Crippen LogP contribution in [0.4, 0.5) is 4.39 Å². The maximum atomic E-state index is 13.8. The standard InChI is InChI=1S/C11H13BrFNO2/c1-5-3-7(12)11(13)10(6(5)2)8(14)4-9(15)16/h3,8H,4,14H2,1-2H3,(H,15,16). The van der Waals surface area contributed by atoms with Gasteiger partial charge in [-0.25, -0.2) is 4.39 Å². The maximum Gasteiger partial charge on any atom is 0.305 e. The third-order valence-corrected chi connectivity index (χ3v) is 3.13. The average Bonchev–Trinajstić information content (AvgIpc) is 2.14. The lowest BCUT2D eigenvalue weighted by molar-refractivity contribution is -0.137. The molecule has 0 aliphatic rings. The van der Waals surface area contributed by atoms with Gasteiger partial charge in [0.2, 0.25) is 0 Å². The molecule has 1 rings (SSSR count). The van der Waals surface area contributed by atoms with Gasteiger partial charge < -0.3 is 10.8 Å². The van der Waals surface area contributed by atoms with Gasteiger partial charge >= 0.3 is 5.97 Å². The van der Waals surface area contributed by atoms with Crippen LogP contribution in [0.2, 0.25) is 0 Å². The number of nitrogens with two attached hydrogens (primary N) is 1. The predicted molar refractivity (Wildman–Crippen MR) is 62.8 cm³/mol. The third kappa shape index (κ3) is 2.59. The van der Waals surface area contributed by atoms with E-state index in [1.54, 1.807) is 13.0 Å². The Bertz CT molecular complexity index is 408. The van der Waals surface area contributed by atoms with Crippen molar-refractivity contribution in [2.24, 2.45) is 5.73 Å². The lowest BCUT2D eigenvalue weighted by atomic mass is 9.95. The van der Waals surface area contributed by atoms with E-state index in [4.69, 9.17) is 10.8 Å². The number of carboxylic acids is 1. The molecule has 1 aromatic rings. The highest BCUT2D eigenvalue weighted by molar-refractivity contribution is 9.10. The first-order valence-electron chi connectivity index (χ1n) is 4.77. The van der Waals surface area contributed by atoms with Crippen molar-refractivity contribution in [3.05, 3.63) is 33.0 Å². The highest BCUT2D eigenvalue weighted by Gasteiger charge is 2.20. The first kappa shape index (κ1) is 13.1. The summed E-state index contributed by atoms with van der Waals surface area (Å²) in [5, 5.41) is 8.65. The minimum Gasteiger partial charge on any atom is -0.481 e. The second-order valence-corrected chi connectivity index (χ2v) is 4.59. The third-order valence-electron chi connectivity index (χ3n) is 2.55. The second kappa shape index (κ2) is 4.93. The smallest absolute Gasteiger partial charge is 0.305 e. The Kier molecular flexibility index (Phi) is 4.04. The summed E-state index contributed by atoms with van der Waals surface area (Å²) >= 11 is 3.09. The van der Waals surface area contributed by atoms with Crippen molar-refractivity contribution >= 4 is 21.9 Å². The molecule has 0 aromatic heterocycles. The Morgan fingerprint density at radius 3 is 2.69 bits per heavy atom. The molecule has 3 N–H and O–H groups in total. The Hall–Kier alpha value is -0.940. The van der Waals surface area contributed by atoms with Crippen LogP contribution in [0.5, 0.6) is 0 Å². The summed E-state index contributed by atoms with van der Waals surface area (Å²) in [5.41, 5.74) is 7.55. The van der Waals surface area contributed by atoms with Crippen LogP contribution in [0.3, 0.4) is 0 Å². The quantitative estimate of drug-likeness (QED) is 0.899. The number of benzene rings is 1. The Morgan fingerprint density at radius 2 is 2.19 bits per heavy atom. The van der Waals surface area contributed by atoms with E-state index in [9.17, 15) is 9.18 Å². The van der Waals surface area contributed by atoms with Crippen molar-refractivity contribution < 1.29 is 14.3 Å². The predicted octanol–water partition coefficient (Wildman–Crippen LogP) is 2.68. The van der Waals surface area contributed by atoms with Crippen molar-refractivity contribution in [3.63, 3.8) is 0 Å². The molecule has 0 saturated carbocycles. The van der Waals surface area contributed by atoms with Crippen molar-refractivity contribution in [3.8, 4) is 0 Å². The number of hydrogen-bond donors (Lipinski definition) is 2. The SMILES string of the molecule is Cc1cc(Br)c(F)c(C(N)CC(=O)O)c1C. The van der Waals surface area contributed by atoms with Crippen LogP contribution in [-0.4, -0.2) is 11.1 Å². The zero-order valence-electron chi connectivity index (χ0n) is 9.05. The summed E-state index contributed by atoms with van der Waals surface area (Å²) in [6, 6.07) is 0.829. The summed E-state index contributed by atoms with van der Waals surface area (Å²) in [6.45, 7) is 3.57. The summed E-state index contributed by atoms with van der Waals surface area (Å²) in [6.07, 6.45) is -0.284. The summed E-state index contributed by atoms with van der Waals surface area (Å²) in [4.78, 5) is 10.6. The monoisotopic (exact) mass is 289 g/mol. The largest absolute Gasteiger partial charge is 0.481 e. The van der Waals surface area contributed by atoms with Gasteiger partial charge in [-0.05, 0) is 47.0 Å². The van der Waals surface area contributed by atoms with Gasteiger partial charge in [0, 0.05) is 11.6 Å². The average molecular weight is 290 g/mol. The molecule has 88 valence electrons. The van der Waals surface area contributed by atoms with Gasteiger partial charge in [-0.3, -0.25) is 4.79 Å². The molecule has 0 aliphatic heterocycles. The van der Waals surface area contributed by atoms with Gasteiger partial charge in [-0.1, -0.05) is 0 Å². The summed E-state index contributed by atoms with van der Waals surface area (Å²) in [5.74, 6) is -1.51. The second-order valence-electron chi connectivity index (χ2n) is 3.73. The van der Waals surface area contributed by atoms with Gasteiger partial charge in [0.05, 0.1) is 10.9 Å². The number of aliphatic carboxylic acids is 1. The first-order valence-corrected chi connectivity index (χ1v) is 5.56. The molecule has 5 heteroatoms. The molecule has 0 radical (unpaired) electrons. The fourth-order valence-electron chi connectivity index (χ4n) is 1.60. The molecule has 0 aliphatic carbocycles. The van der Waals surface area contributed by atoms with Crippen LogP contribution in [-0.2, 0) is 4.79 Å². The number of carbonyl (C=O) groups is 1. The normalized spacial score (nSPS) is 12.6. The zero-order chi connectivity index (χ0) is 12.5. The van der Waals surface area contributed by atoms with Crippen molar-refractivity contribution in [2.75, 3.05) is 0 Å². The van der Waals surface area contributed by atoms with Gasteiger partial charge in [0.25, 0.3) is 0 Å². The fraction of sp³-hybridized carbons (Fsp3) is 0.364. The lowest BCUT2D eigenvalue weighted by Gasteiger charge is -2.16. The molecule has 3 nitrogen and oxygen atoms in total. The zero-order valence-corrected chi connectivity index (χ0v) is 10.6. The van der Waals surface area contributed by atoms with E-state index in [1.165, 1.54) is 0 Å². The Morgan fingerprint density at radius 1 is 1.62 bits per heavy atom. The molecule has 0 heterocycles. The molecule has 0 bridgehead atoms. The Labute approximate surface area is 102 Å². The molecule has 1 unspecified atom stereocenters. The Balaban J connectivity index is 3.26. The van der Waals surface area contributed by atoms with Gasteiger partial charge in [-0.15, -0.1) is 0 Å². The maximum absolute atomic E-state index is 13.8. The molecular weight excluding hydrogens is 277 g/mol. The van der Waals surface area contributed by atoms with Gasteiger partial charge in [-0.2, -0.15) is 0 Å². The minimum absolute atomic E-state index is 0.272. The van der Waals surface area contributed by atoms with Crippen molar-refractivity contribution in [1.29, 1.82) is 0 Å². The number of hydrogen-bond acceptors (Lipinski definition) is 2. The van der Waals surface area contributed by atoms with Gasteiger partial charge in [0.1, 0.15) is 5.82 Å². The highest BCUT2D eigenvalue weighted by Crippen LogP contribution is 2.30. The van der Waals surface area contributed by atoms with Gasteiger partial charge in [0.15, 0.2) is 0 Å². The van der Waals surface area contributed by atoms with Crippen LogP contribution in [0.1, 0.15) is 29.2 Å². The number of rotatable bonds is 3. The molecule has 16 heavy (non-hydrogen) atoms. The van der Waals surface area contributed by atoms with E-state index >= 15 is 0 Å². The highest BCUT2D eigenvalue weighted by atomic mass is 79.9. The lowest BCUT2D eigenvalue weighted by Crippen LogP contribution is -2.18. The number of carboxylic acid groups (broad SMARTS) is 1. The van der Waals surface area contributed by atoms with E-state index in [0.29, 0.717) is 10.0 Å². The molecule has 1 atom stereocenters. The first-order chi connectivity index (χ1) is 7.34. The van der Waals surface area contributed by atoms with Crippen molar-refractivity contribution in [2.45, 2.75) is 26.3 Å². The molecule has 0 spiro atoms. The molecule has 0 fully saturated rings. The summed E-state index contributed by atoms with van der Waals surface area (Å²) in [7, 11) is 0. The van der Waals surface area contributed by atoms with Crippen LogP contribution in [0.15, 0.2) is 10.5 Å². The van der Waals surface area contributed by atoms with Crippen LogP contribution >= 0.6 is 15.9 Å². The fourth-order valence-corrected chi connectivity index (χ4v) is 2.16. The van der Waals surface area contributed by atoms with Crippen LogP contribution < -0.4 is 5.73 Å². The van der Waals surface area contributed by atoms with E-state index in [2.05, 4.69) is 15.9 Å². The van der Waals surface area contributed by atoms with Crippen LogP contribution in [0, 0.1) is 19.7 Å². The van der Waals surface area contributed by atoms with E-state index in [0.717, 1.165) is 5.56 Å². The number of halogens is 2. The minimum atomic E-state index is -1.04.